The average Bonchev–Trinajstić information content (AvgIpc) is 2.37. The van der Waals surface area contributed by atoms with Crippen LogP contribution in [-0.2, 0) is 9.59 Å². The summed E-state index contributed by atoms with van der Waals surface area (Å²) in [5.74, 6) is -0.167. The van der Waals surface area contributed by atoms with Crippen LogP contribution in [0.3, 0.4) is 0 Å². The Morgan fingerprint density at radius 3 is 2.42 bits per heavy atom. The first-order chi connectivity index (χ1) is 8.97. The van der Waals surface area contributed by atoms with Crippen molar-refractivity contribution >= 4 is 17.5 Å². The monoisotopic (exact) mass is 266 g/mol. The lowest BCUT2D eigenvalue weighted by molar-refractivity contribution is -0.125. The number of rotatable bonds is 6. The van der Waals surface area contributed by atoms with Gasteiger partial charge in [-0.1, -0.05) is 6.92 Å². The molecule has 0 aliphatic carbocycles. The van der Waals surface area contributed by atoms with E-state index in [1.807, 2.05) is 0 Å². The van der Waals surface area contributed by atoms with E-state index in [2.05, 4.69) is 5.32 Å². The van der Waals surface area contributed by atoms with Crippen LogP contribution in [0.4, 0.5) is 5.69 Å². The third-order valence-corrected chi connectivity index (χ3v) is 2.61. The summed E-state index contributed by atoms with van der Waals surface area (Å²) < 4.78 is 10.2. The van der Waals surface area contributed by atoms with Crippen molar-refractivity contribution in [3.63, 3.8) is 0 Å². The van der Waals surface area contributed by atoms with Crippen molar-refractivity contribution in [3.05, 3.63) is 18.2 Å². The Morgan fingerprint density at radius 2 is 1.89 bits per heavy atom. The molecule has 0 aliphatic rings. The summed E-state index contributed by atoms with van der Waals surface area (Å²) in [5, 5.41) is 2.69. The molecule has 1 unspecified atom stereocenters. The SMILES string of the molecule is COc1ccc(NC(=O)C(C)CC(N)=O)cc1OC. The highest BCUT2D eigenvalue weighted by Gasteiger charge is 2.16. The summed E-state index contributed by atoms with van der Waals surface area (Å²) in [4.78, 5) is 22.6. The lowest BCUT2D eigenvalue weighted by Crippen LogP contribution is -2.25. The van der Waals surface area contributed by atoms with Crippen molar-refractivity contribution in [2.75, 3.05) is 19.5 Å². The number of hydrogen-bond acceptors (Lipinski definition) is 4. The summed E-state index contributed by atoms with van der Waals surface area (Å²) in [6.45, 7) is 1.64. The zero-order valence-corrected chi connectivity index (χ0v) is 11.2. The Hall–Kier alpha value is -2.24. The first kappa shape index (κ1) is 14.8. The van der Waals surface area contributed by atoms with Crippen LogP contribution >= 0.6 is 0 Å². The number of amides is 2. The predicted octanol–water partition coefficient (Wildman–Crippen LogP) is 1.15. The van der Waals surface area contributed by atoms with Crippen LogP contribution in [0, 0.1) is 5.92 Å². The predicted molar refractivity (Wildman–Crippen MR) is 71.2 cm³/mol. The van der Waals surface area contributed by atoms with Crippen LogP contribution < -0.4 is 20.5 Å². The van der Waals surface area contributed by atoms with Gasteiger partial charge in [0.05, 0.1) is 14.2 Å². The summed E-state index contributed by atoms with van der Waals surface area (Å²) >= 11 is 0. The maximum atomic E-state index is 11.8. The molecule has 0 radical (unpaired) electrons. The molecule has 6 heteroatoms. The van der Waals surface area contributed by atoms with Crippen molar-refractivity contribution in [1.82, 2.24) is 0 Å². The van der Waals surface area contributed by atoms with E-state index < -0.39 is 11.8 Å². The van der Waals surface area contributed by atoms with E-state index in [1.54, 1.807) is 25.1 Å². The van der Waals surface area contributed by atoms with Crippen molar-refractivity contribution in [3.8, 4) is 11.5 Å². The van der Waals surface area contributed by atoms with Crippen LogP contribution in [0.1, 0.15) is 13.3 Å². The Bertz CT molecular complexity index is 474. The molecule has 19 heavy (non-hydrogen) atoms. The largest absolute Gasteiger partial charge is 0.493 e. The number of primary amides is 1. The molecule has 0 aromatic heterocycles. The molecule has 1 aromatic carbocycles. The van der Waals surface area contributed by atoms with E-state index in [0.717, 1.165) is 0 Å². The highest BCUT2D eigenvalue weighted by atomic mass is 16.5. The van der Waals surface area contributed by atoms with E-state index in [-0.39, 0.29) is 12.3 Å². The Morgan fingerprint density at radius 1 is 1.26 bits per heavy atom. The van der Waals surface area contributed by atoms with Gasteiger partial charge in [-0.05, 0) is 12.1 Å². The minimum Gasteiger partial charge on any atom is -0.493 e. The summed E-state index contributed by atoms with van der Waals surface area (Å²) in [5.41, 5.74) is 5.62. The first-order valence-corrected chi connectivity index (χ1v) is 5.79. The first-order valence-electron chi connectivity index (χ1n) is 5.79. The number of methoxy groups -OCH3 is 2. The second-order valence-corrected chi connectivity index (χ2v) is 4.13. The number of carbonyl (C=O) groups excluding carboxylic acids is 2. The molecule has 104 valence electrons. The lowest BCUT2D eigenvalue weighted by atomic mass is 10.1. The van der Waals surface area contributed by atoms with Gasteiger partial charge in [-0.3, -0.25) is 9.59 Å². The van der Waals surface area contributed by atoms with Crippen molar-refractivity contribution < 1.29 is 19.1 Å². The molecule has 0 heterocycles. The average molecular weight is 266 g/mol. The van der Waals surface area contributed by atoms with Gasteiger partial charge in [0.15, 0.2) is 11.5 Å². The maximum Gasteiger partial charge on any atom is 0.227 e. The van der Waals surface area contributed by atoms with Gasteiger partial charge < -0.3 is 20.5 Å². The minimum absolute atomic E-state index is 0.0130. The van der Waals surface area contributed by atoms with Gasteiger partial charge >= 0.3 is 0 Å². The second kappa shape index (κ2) is 6.63. The van der Waals surface area contributed by atoms with Gasteiger partial charge in [0, 0.05) is 24.1 Å². The fourth-order valence-corrected chi connectivity index (χ4v) is 1.57. The number of carbonyl (C=O) groups is 2. The van der Waals surface area contributed by atoms with Crippen LogP contribution in [0.2, 0.25) is 0 Å². The Balaban J connectivity index is 2.77. The van der Waals surface area contributed by atoms with Crippen LogP contribution in [-0.4, -0.2) is 26.0 Å². The molecule has 0 spiro atoms. The van der Waals surface area contributed by atoms with Gasteiger partial charge in [-0.25, -0.2) is 0 Å². The Kier molecular flexibility index (Phi) is 5.17. The van der Waals surface area contributed by atoms with Gasteiger partial charge in [0.2, 0.25) is 11.8 Å². The van der Waals surface area contributed by atoms with Crippen molar-refractivity contribution in [2.45, 2.75) is 13.3 Å². The molecule has 6 nitrogen and oxygen atoms in total. The standard InChI is InChI=1S/C13H18N2O4/c1-8(6-12(14)16)13(17)15-9-4-5-10(18-2)11(7-9)19-3/h4-5,7-8H,6H2,1-3H3,(H2,14,16)(H,15,17). The van der Waals surface area contributed by atoms with E-state index >= 15 is 0 Å². The molecule has 2 amide bonds. The highest BCUT2D eigenvalue weighted by Crippen LogP contribution is 2.29. The molecule has 0 aliphatic heterocycles. The van der Waals surface area contributed by atoms with Crippen molar-refractivity contribution in [1.29, 1.82) is 0 Å². The molecule has 0 fully saturated rings. The number of benzene rings is 1. The summed E-state index contributed by atoms with van der Waals surface area (Å²) in [6.07, 6.45) is 0.0130. The third-order valence-electron chi connectivity index (χ3n) is 2.61. The van der Waals surface area contributed by atoms with E-state index in [9.17, 15) is 9.59 Å². The second-order valence-electron chi connectivity index (χ2n) is 4.13. The number of nitrogens with two attached hydrogens (primary N) is 1. The minimum atomic E-state index is -0.505. The van der Waals surface area contributed by atoms with E-state index in [1.165, 1.54) is 14.2 Å². The zero-order chi connectivity index (χ0) is 14.4. The summed E-state index contributed by atoms with van der Waals surface area (Å²) in [6, 6.07) is 5.02. The fourth-order valence-electron chi connectivity index (χ4n) is 1.57. The number of anilines is 1. The number of nitrogens with one attached hydrogen (secondary N) is 1. The topological polar surface area (TPSA) is 90.6 Å². The molecule has 3 N–H and O–H groups in total. The normalized spacial score (nSPS) is 11.5. The third kappa shape index (κ3) is 4.17. The Labute approximate surface area is 111 Å². The van der Waals surface area contributed by atoms with Crippen LogP contribution in [0.5, 0.6) is 11.5 Å². The fraction of sp³-hybridized carbons (Fsp3) is 0.385. The molecular weight excluding hydrogens is 248 g/mol. The van der Waals surface area contributed by atoms with Gasteiger partial charge in [-0.2, -0.15) is 0 Å². The number of hydrogen-bond donors (Lipinski definition) is 2. The zero-order valence-electron chi connectivity index (χ0n) is 11.2. The molecule has 1 atom stereocenters. The smallest absolute Gasteiger partial charge is 0.227 e. The molecular formula is C13H18N2O4. The van der Waals surface area contributed by atoms with Crippen LogP contribution in [0.15, 0.2) is 18.2 Å². The highest BCUT2D eigenvalue weighted by molar-refractivity contribution is 5.94. The number of ether oxygens (including phenoxy) is 2. The van der Waals surface area contributed by atoms with E-state index in [4.69, 9.17) is 15.2 Å². The van der Waals surface area contributed by atoms with E-state index in [0.29, 0.717) is 17.2 Å². The van der Waals surface area contributed by atoms with Gasteiger partial charge in [0.25, 0.3) is 0 Å². The molecule has 0 saturated heterocycles. The van der Waals surface area contributed by atoms with Crippen LogP contribution in [0.25, 0.3) is 0 Å². The lowest BCUT2D eigenvalue weighted by Gasteiger charge is -2.13. The summed E-state index contributed by atoms with van der Waals surface area (Å²) in [7, 11) is 3.05. The molecule has 1 rings (SSSR count). The quantitative estimate of drug-likeness (QED) is 0.808. The molecule has 0 bridgehead atoms. The van der Waals surface area contributed by atoms with Gasteiger partial charge in [-0.15, -0.1) is 0 Å². The van der Waals surface area contributed by atoms with Gasteiger partial charge in [0.1, 0.15) is 0 Å². The molecule has 1 aromatic rings. The maximum absolute atomic E-state index is 11.8. The van der Waals surface area contributed by atoms with Crippen molar-refractivity contribution in [2.24, 2.45) is 11.7 Å². The molecule has 0 saturated carbocycles.